The second-order valence-corrected chi connectivity index (χ2v) is 7.29. The van der Waals surface area contributed by atoms with Gasteiger partial charge in [-0.2, -0.15) is 5.26 Å². The van der Waals surface area contributed by atoms with Crippen molar-refractivity contribution in [2.45, 2.75) is 18.9 Å². The largest absolute Gasteiger partial charge is 0.396 e. The van der Waals surface area contributed by atoms with Crippen LogP contribution in [0.5, 0.6) is 0 Å². The maximum absolute atomic E-state index is 12.7. The zero-order valence-corrected chi connectivity index (χ0v) is 17.4. The summed E-state index contributed by atoms with van der Waals surface area (Å²) in [6, 6.07) is 29.5. The fourth-order valence-electron chi connectivity index (χ4n) is 3.68. The van der Waals surface area contributed by atoms with Crippen molar-refractivity contribution in [3.8, 4) is 6.07 Å². The van der Waals surface area contributed by atoms with Crippen molar-refractivity contribution in [1.29, 1.82) is 5.26 Å². The van der Waals surface area contributed by atoms with Crippen molar-refractivity contribution in [3.05, 3.63) is 102 Å². The lowest BCUT2D eigenvalue weighted by molar-refractivity contribution is -0.116. The number of para-hydroxylation sites is 1. The Kier molecular flexibility index (Phi) is 8.36. The summed E-state index contributed by atoms with van der Waals surface area (Å²) in [7, 11) is 0. The van der Waals surface area contributed by atoms with Crippen LogP contribution in [0.2, 0.25) is 0 Å². The Morgan fingerprint density at radius 1 is 0.903 bits per heavy atom. The van der Waals surface area contributed by atoms with Crippen LogP contribution in [-0.4, -0.2) is 35.6 Å². The Morgan fingerprint density at radius 2 is 1.48 bits per heavy atom. The number of anilines is 1. The molecule has 0 radical (unpaired) electrons. The van der Waals surface area contributed by atoms with Gasteiger partial charge >= 0.3 is 0 Å². The number of benzene rings is 3. The Bertz CT molecular complexity index is 960. The number of carbonyl (C=O) groups excluding carboxylic acids is 1. The van der Waals surface area contributed by atoms with Crippen molar-refractivity contribution in [3.63, 3.8) is 0 Å². The molecule has 0 aliphatic carbocycles. The minimum absolute atomic E-state index is 0.0202. The number of nitriles is 1. The maximum atomic E-state index is 12.7. The molecule has 0 spiro atoms. The summed E-state index contributed by atoms with van der Waals surface area (Å²) in [6.45, 7) is 1.27. The van der Waals surface area contributed by atoms with E-state index in [2.05, 4.69) is 40.6 Å². The predicted octanol–water partition coefficient (Wildman–Crippen LogP) is 4.36. The molecule has 31 heavy (non-hydrogen) atoms. The fraction of sp³-hybridized carbons (Fsp3) is 0.231. The van der Waals surface area contributed by atoms with Gasteiger partial charge in [-0.15, -0.1) is 0 Å². The van der Waals surface area contributed by atoms with Crippen LogP contribution in [0.1, 0.15) is 35.6 Å². The highest BCUT2D eigenvalue weighted by molar-refractivity contribution is 5.92. The third-order valence-corrected chi connectivity index (χ3v) is 5.15. The zero-order chi connectivity index (χ0) is 21.9. The Labute approximate surface area is 183 Å². The van der Waals surface area contributed by atoms with E-state index < -0.39 is 0 Å². The number of hydrogen-bond acceptors (Lipinski definition) is 4. The standard InChI is InChI=1S/C26H27N3O2/c27-20-23-14-7-8-15-24(23)28-25(31)16-18-29(17-9-19-30)26(21-10-3-1-4-11-21)22-12-5-2-6-13-22/h1-8,10-15,26,30H,9,16-19H2,(H,28,31). The molecule has 0 aliphatic heterocycles. The summed E-state index contributed by atoms with van der Waals surface area (Å²) in [5, 5.41) is 21.5. The highest BCUT2D eigenvalue weighted by atomic mass is 16.3. The summed E-state index contributed by atoms with van der Waals surface area (Å²) in [5.74, 6) is -0.142. The number of nitrogens with zero attached hydrogens (tertiary/aromatic N) is 2. The Morgan fingerprint density at radius 3 is 2.06 bits per heavy atom. The van der Waals surface area contributed by atoms with E-state index in [0.717, 1.165) is 11.1 Å². The van der Waals surface area contributed by atoms with Gasteiger partial charge in [-0.1, -0.05) is 72.8 Å². The molecule has 2 N–H and O–H groups in total. The van der Waals surface area contributed by atoms with E-state index in [9.17, 15) is 15.2 Å². The van der Waals surface area contributed by atoms with Crippen molar-refractivity contribution in [1.82, 2.24) is 4.90 Å². The SMILES string of the molecule is N#Cc1ccccc1NC(=O)CCN(CCCO)C(c1ccccc1)c1ccccc1. The average Bonchev–Trinajstić information content (AvgIpc) is 2.82. The minimum Gasteiger partial charge on any atom is -0.396 e. The first-order chi connectivity index (χ1) is 15.2. The van der Waals surface area contributed by atoms with Gasteiger partial charge in [0.1, 0.15) is 6.07 Å². The Balaban J connectivity index is 1.79. The van der Waals surface area contributed by atoms with Gasteiger partial charge in [0.25, 0.3) is 0 Å². The number of aliphatic hydroxyl groups is 1. The fourth-order valence-corrected chi connectivity index (χ4v) is 3.68. The second kappa shape index (κ2) is 11.7. The zero-order valence-electron chi connectivity index (χ0n) is 17.4. The first-order valence-electron chi connectivity index (χ1n) is 10.5. The summed E-state index contributed by atoms with van der Waals surface area (Å²) in [4.78, 5) is 14.9. The summed E-state index contributed by atoms with van der Waals surface area (Å²) < 4.78 is 0. The number of amides is 1. The molecule has 0 atom stereocenters. The number of nitrogens with one attached hydrogen (secondary N) is 1. The molecular formula is C26H27N3O2. The third kappa shape index (κ3) is 6.26. The van der Waals surface area contributed by atoms with E-state index >= 15 is 0 Å². The van der Waals surface area contributed by atoms with Gasteiger partial charge in [0, 0.05) is 26.1 Å². The topological polar surface area (TPSA) is 76.4 Å². The van der Waals surface area contributed by atoms with Crippen molar-refractivity contribution >= 4 is 11.6 Å². The molecule has 5 heteroatoms. The van der Waals surface area contributed by atoms with Crippen LogP contribution in [-0.2, 0) is 4.79 Å². The summed E-state index contributed by atoms with van der Waals surface area (Å²) in [6.07, 6.45) is 0.899. The lowest BCUT2D eigenvalue weighted by Crippen LogP contribution is -2.34. The molecule has 1 amide bonds. The predicted molar refractivity (Wildman–Crippen MR) is 122 cm³/mol. The van der Waals surface area contributed by atoms with Crippen LogP contribution in [0.15, 0.2) is 84.9 Å². The molecule has 3 aromatic carbocycles. The smallest absolute Gasteiger partial charge is 0.225 e. The van der Waals surface area contributed by atoms with Gasteiger partial charge < -0.3 is 10.4 Å². The van der Waals surface area contributed by atoms with Crippen molar-refractivity contribution in [2.75, 3.05) is 25.0 Å². The molecule has 0 fully saturated rings. The number of hydrogen-bond donors (Lipinski definition) is 2. The first kappa shape index (κ1) is 22.2. The van der Waals surface area contributed by atoms with Crippen LogP contribution in [0, 0.1) is 11.3 Å². The molecule has 0 unspecified atom stereocenters. The number of rotatable bonds is 10. The van der Waals surface area contributed by atoms with E-state index in [-0.39, 0.29) is 25.0 Å². The minimum atomic E-state index is -0.142. The molecule has 3 rings (SSSR count). The van der Waals surface area contributed by atoms with E-state index in [1.165, 1.54) is 0 Å². The van der Waals surface area contributed by atoms with Crippen LogP contribution in [0.4, 0.5) is 5.69 Å². The van der Waals surface area contributed by atoms with E-state index in [4.69, 9.17) is 0 Å². The van der Waals surface area contributed by atoms with E-state index in [0.29, 0.717) is 30.8 Å². The highest BCUT2D eigenvalue weighted by Gasteiger charge is 2.22. The number of carbonyl (C=O) groups is 1. The Hall–Kier alpha value is -3.46. The molecule has 158 valence electrons. The van der Waals surface area contributed by atoms with E-state index in [1.807, 2.05) is 36.4 Å². The molecule has 0 aliphatic rings. The van der Waals surface area contributed by atoms with E-state index in [1.54, 1.807) is 24.3 Å². The molecule has 0 saturated carbocycles. The molecule has 0 aromatic heterocycles. The monoisotopic (exact) mass is 413 g/mol. The maximum Gasteiger partial charge on any atom is 0.225 e. The van der Waals surface area contributed by atoms with Crippen molar-refractivity contribution < 1.29 is 9.90 Å². The van der Waals surface area contributed by atoms with Crippen LogP contribution in [0.25, 0.3) is 0 Å². The normalized spacial score (nSPS) is 10.8. The van der Waals surface area contributed by atoms with Gasteiger partial charge in [-0.05, 0) is 29.7 Å². The van der Waals surface area contributed by atoms with Gasteiger partial charge in [0.15, 0.2) is 0 Å². The van der Waals surface area contributed by atoms with Crippen LogP contribution >= 0.6 is 0 Å². The molecule has 5 nitrogen and oxygen atoms in total. The van der Waals surface area contributed by atoms with Gasteiger partial charge in [-0.3, -0.25) is 9.69 Å². The second-order valence-electron chi connectivity index (χ2n) is 7.29. The quantitative estimate of drug-likeness (QED) is 0.518. The lowest BCUT2D eigenvalue weighted by Gasteiger charge is -2.32. The summed E-state index contributed by atoms with van der Waals surface area (Å²) >= 11 is 0. The molecular weight excluding hydrogens is 386 g/mol. The lowest BCUT2D eigenvalue weighted by atomic mass is 9.96. The molecule has 3 aromatic rings. The third-order valence-electron chi connectivity index (χ3n) is 5.15. The first-order valence-corrected chi connectivity index (χ1v) is 10.5. The molecule has 0 heterocycles. The van der Waals surface area contributed by atoms with Gasteiger partial charge in [0.2, 0.25) is 5.91 Å². The molecule has 0 bridgehead atoms. The van der Waals surface area contributed by atoms with Gasteiger partial charge in [0.05, 0.1) is 17.3 Å². The van der Waals surface area contributed by atoms with Gasteiger partial charge in [-0.25, -0.2) is 0 Å². The van der Waals surface area contributed by atoms with Crippen molar-refractivity contribution in [2.24, 2.45) is 0 Å². The average molecular weight is 414 g/mol. The van der Waals surface area contributed by atoms with Crippen LogP contribution < -0.4 is 5.32 Å². The van der Waals surface area contributed by atoms with Crippen LogP contribution in [0.3, 0.4) is 0 Å². The molecule has 0 saturated heterocycles. The number of aliphatic hydroxyl groups excluding tert-OH is 1. The highest BCUT2D eigenvalue weighted by Crippen LogP contribution is 2.29. The summed E-state index contributed by atoms with van der Waals surface area (Å²) in [5.41, 5.74) is 3.25.